The maximum absolute atomic E-state index is 9.39. The van der Waals surface area contributed by atoms with E-state index < -0.39 is 0 Å². The standard InChI is InChI=1S/C9H13BO3/c10-8-1-2-9(12)7(5-8)6-13-4-3-11/h1-2,5,11-12H,3-4,6,10H2. The summed E-state index contributed by atoms with van der Waals surface area (Å²) in [6.45, 7) is 0.647. The van der Waals surface area contributed by atoms with E-state index in [9.17, 15) is 5.11 Å². The van der Waals surface area contributed by atoms with Crippen LogP contribution in [0.2, 0.25) is 0 Å². The van der Waals surface area contributed by atoms with E-state index in [1.54, 1.807) is 6.07 Å². The summed E-state index contributed by atoms with van der Waals surface area (Å²) >= 11 is 0. The zero-order chi connectivity index (χ0) is 9.68. The van der Waals surface area contributed by atoms with Gasteiger partial charge in [0.2, 0.25) is 0 Å². The lowest BCUT2D eigenvalue weighted by molar-refractivity contribution is 0.0804. The lowest BCUT2D eigenvalue weighted by atomic mass is 9.94. The van der Waals surface area contributed by atoms with Crippen LogP contribution in [-0.2, 0) is 11.3 Å². The Bertz CT molecular complexity index is 276. The van der Waals surface area contributed by atoms with Crippen molar-refractivity contribution in [1.82, 2.24) is 0 Å². The number of rotatable bonds is 4. The van der Waals surface area contributed by atoms with Crippen LogP contribution in [0.4, 0.5) is 0 Å². The maximum Gasteiger partial charge on any atom is 0.139 e. The van der Waals surface area contributed by atoms with Crippen LogP contribution in [0.1, 0.15) is 5.56 Å². The highest BCUT2D eigenvalue weighted by Gasteiger charge is 2.00. The number of aromatic hydroxyl groups is 1. The second kappa shape index (κ2) is 4.89. The Morgan fingerprint density at radius 1 is 1.38 bits per heavy atom. The van der Waals surface area contributed by atoms with Gasteiger partial charge in [0.25, 0.3) is 0 Å². The molecule has 4 heteroatoms. The highest BCUT2D eigenvalue weighted by atomic mass is 16.5. The van der Waals surface area contributed by atoms with Crippen molar-refractivity contribution >= 4 is 13.3 Å². The third-order valence-electron chi connectivity index (χ3n) is 1.73. The zero-order valence-corrected chi connectivity index (χ0v) is 7.66. The van der Waals surface area contributed by atoms with E-state index in [1.165, 1.54) is 0 Å². The number of hydrogen-bond donors (Lipinski definition) is 2. The minimum Gasteiger partial charge on any atom is -0.508 e. The van der Waals surface area contributed by atoms with Crippen molar-refractivity contribution in [2.45, 2.75) is 6.61 Å². The van der Waals surface area contributed by atoms with Gasteiger partial charge >= 0.3 is 0 Å². The van der Waals surface area contributed by atoms with Gasteiger partial charge in [0.15, 0.2) is 0 Å². The van der Waals surface area contributed by atoms with Crippen molar-refractivity contribution in [3.05, 3.63) is 23.8 Å². The first-order valence-electron chi connectivity index (χ1n) is 4.21. The minimum atomic E-state index is 0.00653. The molecule has 0 aliphatic heterocycles. The molecule has 0 heterocycles. The molecule has 0 fully saturated rings. The monoisotopic (exact) mass is 180 g/mol. The van der Waals surface area contributed by atoms with Gasteiger partial charge < -0.3 is 14.9 Å². The summed E-state index contributed by atoms with van der Waals surface area (Å²) in [5, 5.41) is 17.9. The topological polar surface area (TPSA) is 49.7 Å². The summed E-state index contributed by atoms with van der Waals surface area (Å²) in [6.07, 6.45) is 0. The predicted octanol–water partition coefficient (Wildman–Crippen LogP) is -0.841. The van der Waals surface area contributed by atoms with Crippen molar-refractivity contribution in [1.29, 1.82) is 0 Å². The fraction of sp³-hybridized carbons (Fsp3) is 0.333. The van der Waals surface area contributed by atoms with Crippen LogP contribution in [0.3, 0.4) is 0 Å². The molecule has 0 aliphatic carbocycles. The molecular formula is C9H13BO3. The maximum atomic E-state index is 9.39. The van der Waals surface area contributed by atoms with Crippen molar-refractivity contribution in [2.75, 3.05) is 13.2 Å². The molecule has 2 N–H and O–H groups in total. The van der Waals surface area contributed by atoms with Gasteiger partial charge in [-0.1, -0.05) is 17.6 Å². The lowest BCUT2D eigenvalue weighted by Crippen LogP contribution is -2.05. The van der Waals surface area contributed by atoms with Crippen LogP contribution in [0, 0.1) is 0 Å². The van der Waals surface area contributed by atoms with Crippen molar-refractivity contribution in [3.63, 3.8) is 0 Å². The number of phenolic OH excluding ortho intramolecular Hbond substituents is 1. The van der Waals surface area contributed by atoms with Crippen LogP contribution in [0.25, 0.3) is 0 Å². The number of ether oxygens (including phenoxy) is 1. The molecule has 0 saturated carbocycles. The van der Waals surface area contributed by atoms with Crippen molar-refractivity contribution in [3.8, 4) is 5.75 Å². The molecule has 0 saturated heterocycles. The fourth-order valence-corrected chi connectivity index (χ4v) is 1.08. The minimum absolute atomic E-state index is 0.00653. The van der Waals surface area contributed by atoms with E-state index in [4.69, 9.17) is 9.84 Å². The van der Waals surface area contributed by atoms with Gasteiger partial charge in [0, 0.05) is 5.56 Å². The van der Waals surface area contributed by atoms with Crippen LogP contribution in [0.5, 0.6) is 5.75 Å². The Kier molecular flexibility index (Phi) is 3.80. The van der Waals surface area contributed by atoms with Gasteiger partial charge in [-0.2, -0.15) is 0 Å². The van der Waals surface area contributed by atoms with Gasteiger partial charge in [0.05, 0.1) is 19.8 Å². The quantitative estimate of drug-likeness (QED) is 0.469. The summed E-state index contributed by atoms with van der Waals surface area (Å²) in [5.74, 6) is 0.239. The SMILES string of the molecule is Bc1ccc(O)c(COCCO)c1. The first-order valence-corrected chi connectivity index (χ1v) is 4.21. The summed E-state index contributed by atoms with van der Waals surface area (Å²) in [4.78, 5) is 0. The number of aliphatic hydroxyl groups is 1. The van der Waals surface area contributed by atoms with E-state index in [0.29, 0.717) is 13.2 Å². The number of benzene rings is 1. The first-order chi connectivity index (χ1) is 6.24. The molecule has 0 atom stereocenters. The molecule has 1 aromatic rings. The van der Waals surface area contributed by atoms with E-state index in [-0.39, 0.29) is 12.4 Å². The highest BCUT2D eigenvalue weighted by molar-refractivity contribution is 6.32. The molecule has 0 bridgehead atoms. The van der Waals surface area contributed by atoms with Gasteiger partial charge in [-0.15, -0.1) is 0 Å². The largest absolute Gasteiger partial charge is 0.508 e. The summed E-state index contributed by atoms with van der Waals surface area (Å²) in [7, 11) is 1.95. The number of phenols is 1. The van der Waals surface area contributed by atoms with Crippen molar-refractivity contribution in [2.24, 2.45) is 0 Å². The average molecular weight is 180 g/mol. The van der Waals surface area contributed by atoms with Gasteiger partial charge in [-0.05, 0) is 6.07 Å². The molecule has 0 spiro atoms. The van der Waals surface area contributed by atoms with Gasteiger partial charge in [0.1, 0.15) is 13.6 Å². The Hall–Kier alpha value is -0.995. The van der Waals surface area contributed by atoms with Gasteiger partial charge in [-0.25, -0.2) is 0 Å². The second-order valence-corrected chi connectivity index (χ2v) is 2.91. The van der Waals surface area contributed by atoms with E-state index in [2.05, 4.69) is 0 Å². The molecule has 0 unspecified atom stereocenters. The molecule has 0 aliphatic rings. The Balaban J connectivity index is 2.59. The highest BCUT2D eigenvalue weighted by Crippen LogP contribution is 2.14. The predicted molar refractivity (Wildman–Crippen MR) is 53.0 cm³/mol. The van der Waals surface area contributed by atoms with Crippen LogP contribution >= 0.6 is 0 Å². The third kappa shape index (κ3) is 3.09. The fourth-order valence-electron chi connectivity index (χ4n) is 1.08. The molecular weight excluding hydrogens is 167 g/mol. The summed E-state index contributed by atoms with van der Waals surface area (Å²) in [6, 6.07) is 5.35. The molecule has 0 aromatic heterocycles. The lowest BCUT2D eigenvalue weighted by Gasteiger charge is -2.05. The second-order valence-electron chi connectivity index (χ2n) is 2.91. The zero-order valence-electron chi connectivity index (χ0n) is 7.66. The van der Waals surface area contributed by atoms with E-state index >= 15 is 0 Å². The Labute approximate surface area is 78.4 Å². The molecule has 13 heavy (non-hydrogen) atoms. The van der Waals surface area contributed by atoms with Crippen LogP contribution in [-0.4, -0.2) is 31.3 Å². The normalized spacial score (nSPS) is 10.2. The smallest absolute Gasteiger partial charge is 0.139 e. The first kappa shape index (κ1) is 10.1. The summed E-state index contributed by atoms with van der Waals surface area (Å²) in [5.41, 5.74) is 1.84. The molecule has 0 radical (unpaired) electrons. The van der Waals surface area contributed by atoms with Crippen LogP contribution in [0.15, 0.2) is 18.2 Å². The Morgan fingerprint density at radius 2 is 2.15 bits per heavy atom. The third-order valence-corrected chi connectivity index (χ3v) is 1.73. The van der Waals surface area contributed by atoms with Gasteiger partial charge in [-0.3, -0.25) is 0 Å². The number of hydrogen-bond acceptors (Lipinski definition) is 3. The molecule has 1 rings (SSSR count). The number of aliphatic hydroxyl groups excluding tert-OH is 1. The average Bonchev–Trinajstić information content (AvgIpc) is 2.11. The van der Waals surface area contributed by atoms with Crippen LogP contribution < -0.4 is 5.46 Å². The van der Waals surface area contributed by atoms with E-state index in [0.717, 1.165) is 11.0 Å². The summed E-state index contributed by atoms with van der Waals surface area (Å²) < 4.78 is 5.09. The Morgan fingerprint density at radius 3 is 2.85 bits per heavy atom. The molecule has 3 nitrogen and oxygen atoms in total. The molecule has 70 valence electrons. The van der Waals surface area contributed by atoms with Crippen molar-refractivity contribution < 1.29 is 14.9 Å². The molecule has 0 amide bonds. The van der Waals surface area contributed by atoms with E-state index in [1.807, 2.05) is 20.0 Å². The molecule has 1 aromatic carbocycles.